The first-order chi connectivity index (χ1) is 12.3. The van der Waals surface area contributed by atoms with E-state index in [4.69, 9.17) is 5.73 Å². The summed E-state index contributed by atoms with van der Waals surface area (Å²) < 4.78 is 41.5. The van der Waals surface area contributed by atoms with Crippen molar-refractivity contribution in [1.29, 1.82) is 0 Å². The first-order valence-corrected chi connectivity index (χ1v) is 7.90. The van der Waals surface area contributed by atoms with Crippen LogP contribution in [0.4, 0.5) is 13.2 Å². The van der Waals surface area contributed by atoms with Crippen molar-refractivity contribution in [2.45, 2.75) is 19.1 Å². The number of halogens is 3. The number of primary amides is 1. The number of carbonyl (C=O) groups excluding carboxylic acids is 1. The van der Waals surface area contributed by atoms with E-state index in [9.17, 15) is 18.0 Å². The van der Waals surface area contributed by atoms with Gasteiger partial charge in [-0.3, -0.25) is 4.79 Å². The largest absolute Gasteiger partial charge is 0.416 e. The van der Waals surface area contributed by atoms with E-state index in [1.807, 2.05) is 0 Å². The van der Waals surface area contributed by atoms with Crippen molar-refractivity contribution >= 4 is 16.8 Å². The summed E-state index contributed by atoms with van der Waals surface area (Å²) in [5, 5.41) is 7.82. The molecule has 0 aliphatic rings. The number of fused-ring (bicyclic) bond motifs is 1. The monoisotopic (exact) mass is 362 g/mol. The highest BCUT2D eigenvalue weighted by Gasteiger charge is 2.33. The molecular formula is C18H17F3N4O. The fourth-order valence-electron chi connectivity index (χ4n) is 2.88. The molecule has 0 aliphatic carbocycles. The normalized spacial score (nSPS) is 11.8. The average molecular weight is 362 g/mol. The van der Waals surface area contributed by atoms with E-state index in [0.717, 1.165) is 11.5 Å². The van der Waals surface area contributed by atoms with Crippen molar-refractivity contribution in [2.24, 2.45) is 5.73 Å². The van der Waals surface area contributed by atoms with Crippen LogP contribution in [-0.4, -0.2) is 22.7 Å². The smallest absolute Gasteiger partial charge is 0.369 e. The SMILES string of the molecule is CNCc1ccc(-n2cc3cccc(CC(N)=O)c3n2)cc1C(F)(F)F. The Bertz CT molecular complexity index is 963. The maximum absolute atomic E-state index is 13.4. The van der Waals surface area contributed by atoms with Gasteiger partial charge >= 0.3 is 6.18 Å². The molecule has 1 amide bonds. The fraction of sp³-hybridized carbons (Fsp3) is 0.222. The second kappa shape index (κ2) is 6.80. The van der Waals surface area contributed by atoms with Crippen LogP contribution in [0.3, 0.4) is 0 Å². The topological polar surface area (TPSA) is 72.9 Å². The highest BCUT2D eigenvalue weighted by Crippen LogP contribution is 2.33. The molecule has 3 rings (SSSR count). The molecule has 0 fully saturated rings. The van der Waals surface area contributed by atoms with Crippen molar-refractivity contribution in [3.05, 3.63) is 59.3 Å². The van der Waals surface area contributed by atoms with Gasteiger partial charge in [-0.15, -0.1) is 0 Å². The summed E-state index contributed by atoms with van der Waals surface area (Å²) in [6.45, 7) is 0.110. The molecule has 8 heteroatoms. The molecule has 0 atom stereocenters. The van der Waals surface area contributed by atoms with Crippen LogP contribution in [0.15, 0.2) is 42.6 Å². The molecule has 1 aromatic heterocycles. The van der Waals surface area contributed by atoms with Gasteiger partial charge in [-0.1, -0.05) is 24.3 Å². The Labute approximate surface area is 147 Å². The quantitative estimate of drug-likeness (QED) is 0.733. The van der Waals surface area contributed by atoms with Crippen molar-refractivity contribution in [1.82, 2.24) is 15.1 Å². The Morgan fingerprint density at radius 1 is 1.23 bits per heavy atom. The number of carbonyl (C=O) groups is 1. The minimum atomic E-state index is -4.47. The molecule has 5 nitrogen and oxygen atoms in total. The second-order valence-corrected chi connectivity index (χ2v) is 5.94. The highest BCUT2D eigenvalue weighted by atomic mass is 19.4. The molecule has 0 aliphatic heterocycles. The summed E-state index contributed by atoms with van der Waals surface area (Å²) in [5.74, 6) is -0.497. The van der Waals surface area contributed by atoms with Gasteiger partial charge in [-0.25, -0.2) is 4.68 Å². The van der Waals surface area contributed by atoms with Crippen LogP contribution in [0.25, 0.3) is 16.6 Å². The van der Waals surface area contributed by atoms with E-state index < -0.39 is 17.6 Å². The minimum Gasteiger partial charge on any atom is -0.369 e. The molecule has 1 heterocycles. The predicted octanol–water partition coefficient (Wildman–Crippen LogP) is 2.79. The standard InChI is InChI=1S/C18H17F3N4O/c1-23-9-12-5-6-14(8-15(12)18(19,20)21)25-10-13-4-2-3-11(7-16(22)26)17(13)24-25/h2-6,8,10,23H,7,9H2,1H3,(H2,22,26). The van der Waals surface area contributed by atoms with Gasteiger partial charge in [0.15, 0.2) is 0 Å². The molecule has 0 saturated carbocycles. The van der Waals surface area contributed by atoms with Crippen molar-refractivity contribution in [3.63, 3.8) is 0 Å². The third kappa shape index (κ3) is 3.55. The van der Waals surface area contributed by atoms with Crippen LogP contribution in [0.1, 0.15) is 16.7 Å². The summed E-state index contributed by atoms with van der Waals surface area (Å²) in [5.41, 5.74) is 6.16. The number of amides is 1. The lowest BCUT2D eigenvalue weighted by Crippen LogP contribution is -2.15. The summed E-state index contributed by atoms with van der Waals surface area (Å²) in [4.78, 5) is 11.2. The van der Waals surface area contributed by atoms with E-state index in [2.05, 4.69) is 10.4 Å². The number of benzene rings is 2. The highest BCUT2D eigenvalue weighted by molar-refractivity contribution is 5.87. The van der Waals surface area contributed by atoms with Crippen LogP contribution in [-0.2, 0) is 23.9 Å². The first kappa shape index (κ1) is 17.9. The number of hydrogen-bond donors (Lipinski definition) is 2. The van der Waals surface area contributed by atoms with E-state index in [0.29, 0.717) is 16.8 Å². The van der Waals surface area contributed by atoms with Gasteiger partial charge in [0.05, 0.1) is 23.2 Å². The molecule has 3 N–H and O–H groups in total. The summed E-state index contributed by atoms with van der Waals surface area (Å²) in [7, 11) is 1.59. The molecule has 0 spiro atoms. The molecule has 0 bridgehead atoms. The Balaban J connectivity index is 2.10. The van der Waals surface area contributed by atoms with Crippen LogP contribution in [0, 0.1) is 0 Å². The lowest BCUT2D eigenvalue weighted by atomic mass is 10.1. The van der Waals surface area contributed by atoms with E-state index in [1.165, 1.54) is 10.7 Å². The number of nitrogens with two attached hydrogens (primary N) is 1. The Morgan fingerprint density at radius 3 is 2.65 bits per heavy atom. The molecule has 26 heavy (non-hydrogen) atoms. The zero-order valence-electron chi connectivity index (χ0n) is 14.0. The van der Waals surface area contributed by atoms with Crippen LogP contribution in [0.2, 0.25) is 0 Å². The Morgan fingerprint density at radius 2 is 2.00 bits per heavy atom. The number of nitrogens with one attached hydrogen (secondary N) is 1. The number of alkyl halides is 3. The van der Waals surface area contributed by atoms with Crippen molar-refractivity contribution in [3.8, 4) is 5.69 Å². The van der Waals surface area contributed by atoms with E-state index >= 15 is 0 Å². The fourth-order valence-corrected chi connectivity index (χ4v) is 2.88. The Kier molecular flexibility index (Phi) is 4.69. The van der Waals surface area contributed by atoms with E-state index in [1.54, 1.807) is 37.5 Å². The van der Waals surface area contributed by atoms with Crippen LogP contribution in [0.5, 0.6) is 0 Å². The molecule has 2 aromatic carbocycles. The van der Waals surface area contributed by atoms with Gasteiger partial charge in [0, 0.05) is 18.1 Å². The number of aromatic nitrogens is 2. The summed E-state index contributed by atoms with van der Waals surface area (Å²) >= 11 is 0. The van der Waals surface area contributed by atoms with Gasteiger partial charge in [-0.05, 0) is 30.3 Å². The zero-order valence-corrected chi connectivity index (χ0v) is 14.0. The van der Waals surface area contributed by atoms with Gasteiger partial charge in [0.2, 0.25) is 5.91 Å². The molecule has 0 radical (unpaired) electrons. The van der Waals surface area contributed by atoms with Crippen LogP contribution >= 0.6 is 0 Å². The third-order valence-electron chi connectivity index (χ3n) is 4.02. The Hall–Kier alpha value is -2.87. The third-order valence-corrected chi connectivity index (χ3v) is 4.02. The molecule has 3 aromatic rings. The average Bonchev–Trinajstić information content (AvgIpc) is 2.99. The van der Waals surface area contributed by atoms with Gasteiger partial charge < -0.3 is 11.1 Å². The number of hydrogen-bond acceptors (Lipinski definition) is 3. The number of rotatable bonds is 5. The van der Waals surface area contributed by atoms with E-state index in [-0.39, 0.29) is 18.5 Å². The van der Waals surface area contributed by atoms with Gasteiger partial charge in [0.25, 0.3) is 0 Å². The van der Waals surface area contributed by atoms with Crippen LogP contribution < -0.4 is 11.1 Å². The molecule has 0 unspecified atom stereocenters. The first-order valence-electron chi connectivity index (χ1n) is 7.90. The van der Waals surface area contributed by atoms with Gasteiger partial charge in [0.1, 0.15) is 0 Å². The van der Waals surface area contributed by atoms with Crippen molar-refractivity contribution < 1.29 is 18.0 Å². The maximum Gasteiger partial charge on any atom is 0.416 e. The molecule has 136 valence electrons. The summed E-state index contributed by atoms with van der Waals surface area (Å²) in [6.07, 6.45) is -2.82. The minimum absolute atomic E-state index is 0.0171. The summed E-state index contributed by atoms with van der Waals surface area (Å²) in [6, 6.07) is 9.36. The van der Waals surface area contributed by atoms with Crippen molar-refractivity contribution in [2.75, 3.05) is 7.05 Å². The van der Waals surface area contributed by atoms with Gasteiger partial charge in [-0.2, -0.15) is 18.3 Å². The molecular weight excluding hydrogens is 345 g/mol. The molecule has 0 saturated heterocycles. The lowest BCUT2D eigenvalue weighted by Gasteiger charge is -2.14. The number of nitrogens with zero attached hydrogens (tertiary/aromatic N) is 2. The zero-order chi connectivity index (χ0) is 18.9. The lowest BCUT2D eigenvalue weighted by molar-refractivity contribution is -0.138. The second-order valence-electron chi connectivity index (χ2n) is 5.94. The maximum atomic E-state index is 13.4. The predicted molar refractivity (Wildman–Crippen MR) is 91.7 cm³/mol.